The first-order valence-corrected chi connectivity index (χ1v) is 6.07. The monoisotopic (exact) mass is 301 g/mol. The highest BCUT2D eigenvalue weighted by atomic mass is 19.4. The van der Waals surface area contributed by atoms with Crippen LogP contribution in [0.3, 0.4) is 0 Å². The molecule has 1 unspecified atom stereocenters. The van der Waals surface area contributed by atoms with Crippen LogP contribution >= 0.6 is 0 Å². The molecule has 0 heterocycles. The Morgan fingerprint density at radius 1 is 1.48 bits per heavy atom. The lowest BCUT2D eigenvalue weighted by atomic mass is 10.0. The van der Waals surface area contributed by atoms with Crippen LogP contribution in [0, 0.1) is 0 Å². The van der Waals surface area contributed by atoms with Gasteiger partial charge in [-0.25, -0.2) is 0 Å². The molecule has 0 aliphatic carbocycles. The number of nitrogens with one attached hydrogen (secondary N) is 1. The third-order valence-electron chi connectivity index (χ3n) is 2.68. The van der Waals surface area contributed by atoms with E-state index < -0.39 is 23.7 Å². The van der Waals surface area contributed by atoms with E-state index in [9.17, 15) is 18.0 Å². The maximum absolute atomic E-state index is 12.6. The Morgan fingerprint density at radius 2 is 2.19 bits per heavy atom. The highest BCUT2D eigenvalue weighted by Crippen LogP contribution is 2.30. The minimum absolute atomic E-state index is 0.140. The van der Waals surface area contributed by atoms with E-state index in [0.29, 0.717) is 6.42 Å². The summed E-state index contributed by atoms with van der Waals surface area (Å²) >= 11 is 0. The Hall–Kier alpha value is -2.25. The summed E-state index contributed by atoms with van der Waals surface area (Å²) in [5.74, 6) is -0.780. The third kappa shape index (κ3) is 5.33. The first-order chi connectivity index (χ1) is 9.86. The third-order valence-corrected chi connectivity index (χ3v) is 2.68. The maximum atomic E-state index is 12.6. The maximum Gasteiger partial charge on any atom is 0.416 e. The summed E-state index contributed by atoms with van der Waals surface area (Å²) in [6.45, 7) is 0.500. The molecule has 0 fully saturated rings. The molecule has 114 valence electrons. The smallest absolute Gasteiger partial charge is 0.368 e. The number of halogens is 3. The van der Waals surface area contributed by atoms with Crippen molar-refractivity contribution < 1.29 is 18.0 Å². The SMILES string of the molecule is [N-]=[N+]=NCCCNC(C(N)=O)c1cccc(C(F)(F)F)c1. The molecule has 6 nitrogen and oxygen atoms in total. The molecule has 0 radical (unpaired) electrons. The Morgan fingerprint density at radius 3 is 2.76 bits per heavy atom. The van der Waals surface area contributed by atoms with E-state index >= 15 is 0 Å². The average Bonchev–Trinajstić information content (AvgIpc) is 2.41. The molecule has 3 N–H and O–H groups in total. The van der Waals surface area contributed by atoms with Crippen LogP contribution in [0.5, 0.6) is 0 Å². The Bertz CT molecular complexity index is 540. The van der Waals surface area contributed by atoms with Crippen LogP contribution < -0.4 is 11.1 Å². The second-order valence-corrected chi connectivity index (χ2v) is 4.22. The van der Waals surface area contributed by atoms with E-state index in [-0.39, 0.29) is 18.7 Å². The van der Waals surface area contributed by atoms with Gasteiger partial charge in [0.1, 0.15) is 6.04 Å². The highest BCUT2D eigenvalue weighted by molar-refractivity contribution is 5.81. The summed E-state index contributed by atoms with van der Waals surface area (Å²) in [5, 5.41) is 6.06. The predicted molar refractivity (Wildman–Crippen MR) is 70.0 cm³/mol. The van der Waals surface area contributed by atoms with Gasteiger partial charge in [-0.1, -0.05) is 17.2 Å². The van der Waals surface area contributed by atoms with Gasteiger partial charge in [-0.3, -0.25) is 4.79 Å². The number of rotatable bonds is 7. The first-order valence-electron chi connectivity index (χ1n) is 6.07. The van der Waals surface area contributed by atoms with Crippen molar-refractivity contribution in [2.24, 2.45) is 10.8 Å². The number of alkyl halides is 3. The van der Waals surface area contributed by atoms with E-state index in [1.807, 2.05) is 0 Å². The normalized spacial score (nSPS) is 12.5. The number of carbonyl (C=O) groups is 1. The molecule has 0 saturated carbocycles. The van der Waals surface area contributed by atoms with Gasteiger partial charge >= 0.3 is 6.18 Å². The van der Waals surface area contributed by atoms with Gasteiger partial charge in [-0.15, -0.1) is 0 Å². The van der Waals surface area contributed by atoms with Crippen LogP contribution in [-0.4, -0.2) is 19.0 Å². The molecule has 0 aromatic heterocycles. The van der Waals surface area contributed by atoms with Gasteiger partial charge in [-0.05, 0) is 36.2 Å². The van der Waals surface area contributed by atoms with Crippen molar-refractivity contribution in [2.75, 3.05) is 13.1 Å². The molecule has 0 aliphatic rings. The number of azide groups is 1. The summed E-state index contributed by atoms with van der Waals surface area (Å²) in [6.07, 6.45) is -4.05. The molecule has 21 heavy (non-hydrogen) atoms. The summed E-state index contributed by atoms with van der Waals surface area (Å²) < 4.78 is 37.9. The van der Waals surface area contributed by atoms with Crippen LogP contribution in [0.25, 0.3) is 10.4 Å². The van der Waals surface area contributed by atoms with Crippen molar-refractivity contribution in [1.82, 2.24) is 5.32 Å². The fourth-order valence-corrected chi connectivity index (χ4v) is 1.72. The molecule has 1 amide bonds. The Labute approximate surface area is 118 Å². The number of hydrogen-bond acceptors (Lipinski definition) is 3. The van der Waals surface area contributed by atoms with Crippen molar-refractivity contribution in [2.45, 2.75) is 18.6 Å². The van der Waals surface area contributed by atoms with E-state index in [2.05, 4.69) is 15.3 Å². The zero-order chi connectivity index (χ0) is 15.9. The standard InChI is InChI=1S/C12H14F3N5O/c13-12(14,15)9-4-1-3-8(7-9)10(11(16)21)18-5-2-6-19-20-17/h1,3-4,7,10,18H,2,5-6H2,(H2,16,21). The number of amides is 1. The quantitative estimate of drug-likeness (QED) is 0.349. The Kier molecular flexibility index (Phi) is 6.01. The molecule has 1 atom stereocenters. The van der Waals surface area contributed by atoms with Gasteiger partial charge in [-0.2, -0.15) is 13.2 Å². The number of carbonyl (C=O) groups excluding carboxylic acids is 1. The van der Waals surface area contributed by atoms with Crippen LogP contribution in [0.1, 0.15) is 23.6 Å². The number of primary amides is 1. The second kappa shape index (κ2) is 7.51. The minimum Gasteiger partial charge on any atom is -0.368 e. The topological polar surface area (TPSA) is 104 Å². The molecule has 0 aliphatic heterocycles. The number of benzene rings is 1. The lowest BCUT2D eigenvalue weighted by molar-refractivity contribution is -0.137. The van der Waals surface area contributed by atoms with Gasteiger partial charge in [0.2, 0.25) is 5.91 Å². The van der Waals surface area contributed by atoms with Crippen molar-refractivity contribution in [1.29, 1.82) is 0 Å². The largest absolute Gasteiger partial charge is 0.416 e. The van der Waals surface area contributed by atoms with Crippen molar-refractivity contribution in [3.05, 3.63) is 45.8 Å². The molecule has 9 heteroatoms. The lowest BCUT2D eigenvalue weighted by Gasteiger charge is -2.17. The second-order valence-electron chi connectivity index (χ2n) is 4.22. The average molecular weight is 301 g/mol. The van der Waals surface area contributed by atoms with E-state index in [0.717, 1.165) is 12.1 Å². The van der Waals surface area contributed by atoms with E-state index in [4.69, 9.17) is 11.3 Å². The molecule has 1 rings (SSSR count). The number of nitrogens with two attached hydrogens (primary N) is 1. The molecule has 0 saturated heterocycles. The van der Waals surface area contributed by atoms with E-state index in [1.54, 1.807) is 0 Å². The summed E-state index contributed by atoms with van der Waals surface area (Å²) in [6, 6.07) is 3.39. The first kappa shape index (κ1) is 16.8. The number of hydrogen-bond donors (Lipinski definition) is 2. The fraction of sp³-hybridized carbons (Fsp3) is 0.417. The zero-order valence-corrected chi connectivity index (χ0v) is 11.0. The number of nitrogens with zero attached hydrogens (tertiary/aromatic N) is 3. The van der Waals surface area contributed by atoms with Crippen LogP contribution in [0.2, 0.25) is 0 Å². The van der Waals surface area contributed by atoms with Gasteiger partial charge < -0.3 is 11.1 Å². The summed E-state index contributed by atoms with van der Waals surface area (Å²) in [7, 11) is 0. The molecular formula is C12H14F3N5O. The zero-order valence-electron chi connectivity index (χ0n) is 11.0. The van der Waals surface area contributed by atoms with Gasteiger partial charge in [0.05, 0.1) is 5.56 Å². The van der Waals surface area contributed by atoms with Gasteiger partial charge in [0.25, 0.3) is 0 Å². The van der Waals surface area contributed by atoms with Gasteiger partial charge in [0, 0.05) is 11.5 Å². The molecule has 0 bridgehead atoms. The lowest BCUT2D eigenvalue weighted by Crippen LogP contribution is -2.34. The predicted octanol–water partition coefficient (Wildman–Crippen LogP) is 2.52. The summed E-state index contributed by atoms with van der Waals surface area (Å²) in [4.78, 5) is 13.9. The van der Waals surface area contributed by atoms with Crippen molar-refractivity contribution in [3.63, 3.8) is 0 Å². The highest BCUT2D eigenvalue weighted by Gasteiger charge is 2.31. The molecule has 1 aromatic carbocycles. The van der Waals surface area contributed by atoms with Gasteiger partial charge in [0.15, 0.2) is 0 Å². The van der Waals surface area contributed by atoms with Crippen LogP contribution in [0.4, 0.5) is 13.2 Å². The molecule has 1 aromatic rings. The van der Waals surface area contributed by atoms with E-state index in [1.165, 1.54) is 12.1 Å². The van der Waals surface area contributed by atoms with Crippen LogP contribution in [-0.2, 0) is 11.0 Å². The van der Waals surface area contributed by atoms with Crippen LogP contribution in [0.15, 0.2) is 29.4 Å². The molecular weight excluding hydrogens is 287 g/mol. The van der Waals surface area contributed by atoms with Crippen molar-refractivity contribution in [3.8, 4) is 0 Å². The van der Waals surface area contributed by atoms with Crippen molar-refractivity contribution >= 4 is 5.91 Å². The Balaban J connectivity index is 2.81. The molecule has 0 spiro atoms. The fourth-order valence-electron chi connectivity index (χ4n) is 1.72. The summed E-state index contributed by atoms with van der Waals surface area (Å²) in [5.41, 5.74) is 12.6. The minimum atomic E-state index is -4.49.